The van der Waals surface area contributed by atoms with E-state index in [9.17, 15) is 4.79 Å². The summed E-state index contributed by atoms with van der Waals surface area (Å²) in [4.78, 5) is 22.8. The van der Waals surface area contributed by atoms with Crippen molar-refractivity contribution in [3.63, 3.8) is 0 Å². The van der Waals surface area contributed by atoms with E-state index < -0.39 is 0 Å². The summed E-state index contributed by atoms with van der Waals surface area (Å²) in [5.41, 5.74) is 5.80. The van der Waals surface area contributed by atoms with Crippen LogP contribution < -0.4 is 16.0 Å². The van der Waals surface area contributed by atoms with Gasteiger partial charge in [-0.1, -0.05) is 11.3 Å². The van der Waals surface area contributed by atoms with Crippen molar-refractivity contribution in [2.45, 2.75) is 13.3 Å². The molecular weight excluding hydrogens is 290 g/mol. The zero-order valence-corrected chi connectivity index (χ0v) is 13.1. The van der Waals surface area contributed by atoms with E-state index in [2.05, 4.69) is 20.4 Å². The number of nitrogens with zero attached hydrogens (tertiary/aromatic N) is 5. The Balaban J connectivity index is 1.92. The fraction of sp³-hybridized carbons (Fsp3) is 0.500. The maximum absolute atomic E-state index is 12.1. The summed E-state index contributed by atoms with van der Waals surface area (Å²) in [6.07, 6.45) is 2.21. The van der Waals surface area contributed by atoms with Crippen molar-refractivity contribution in [2.75, 3.05) is 30.8 Å². The van der Waals surface area contributed by atoms with Gasteiger partial charge in [0.1, 0.15) is 17.0 Å². The molecule has 0 fully saturated rings. The maximum Gasteiger partial charge on any atom is 0.265 e. The van der Waals surface area contributed by atoms with E-state index in [1.165, 1.54) is 11.3 Å². The molecule has 3 N–H and O–H groups in total. The van der Waals surface area contributed by atoms with Gasteiger partial charge in [0.05, 0.1) is 0 Å². The van der Waals surface area contributed by atoms with Gasteiger partial charge in [-0.05, 0) is 6.92 Å². The van der Waals surface area contributed by atoms with Crippen molar-refractivity contribution < 1.29 is 4.79 Å². The predicted octanol–water partition coefficient (Wildman–Crippen LogP) is 0.282. The van der Waals surface area contributed by atoms with Crippen molar-refractivity contribution in [1.82, 2.24) is 25.1 Å². The van der Waals surface area contributed by atoms with Crippen LogP contribution >= 0.6 is 11.3 Å². The van der Waals surface area contributed by atoms with Crippen LogP contribution in [0.1, 0.15) is 22.4 Å². The lowest BCUT2D eigenvalue weighted by atomic mass is 10.4. The second-order valence-corrected chi connectivity index (χ2v) is 5.54. The summed E-state index contributed by atoms with van der Waals surface area (Å²) in [5.74, 6) is 0.752. The molecule has 2 aromatic rings. The number of amides is 1. The summed E-state index contributed by atoms with van der Waals surface area (Å²) < 4.78 is 1.63. The Hall–Kier alpha value is -2.16. The molecular formula is C12H19N7OS. The van der Waals surface area contributed by atoms with Gasteiger partial charge in [0.25, 0.3) is 5.91 Å². The zero-order chi connectivity index (χ0) is 15.4. The molecule has 0 aromatic carbocycles. The van der Waals surface area contributed by atoms with Crippen LogP contribution in [-0.4, -0.2) is 45.8 Å². The third kappa shape index (κ3) is 3.69. The first-order chi connectivity index (χ1) is 10.0. The SMILES string of the molecule is CCN(C)c1nc(N)c(C(=O)NCCc2ncn(C)n2)s1. The Bertz CT molecular complexity index is 621. The molecule has 1 amide bonds. The number of aromatic nitrogens is 4. The molecule has 0 saturated carbocycles. The molecule has 2 rings (SSSR count). The first-order valence-corrected chi connectivity index (χ1v) is 7.43. The number of carbonyl (C=O) groups is 1. The minimum absolute atomic E-state index is 0.211. The van der Waals surface area contributed by atoms with Crippen LogP contribution in [0.15, 0.2) is 6.33 Å². The molecule has 2 heterocycles. The van der Waals surface area contributed by atoms with Gasteiger partial charge in [-0.3, -0.25) is 9.48 Å². The van der Waals surface area contributed by atoms with Gasteiger partial charge in [0, 0.05) is 33.6 Å². The van der Waals surface area contributed by atoms with Crippen LogP contribution in [0.25, 0.3) is 0 Å². The van der Waals surface area contributed by atoms with E-state index in [1.807, 2.05) is 18.9 Å². The fourth-order valence-corrected chi connectivity index (χ4v) is 2.57. The van der Waals surface area contributed by atoms with Crippen molar-refractivity contribution in [1.29, 1.82) is 0 Å². The van der Waals surface area contributed by atoms with Crippen molar-refractivity contribution >= 4 is 28.2 Å². The van der Waals surface area contributed by atoms with Crippen LogP contribution in [0.5, 0.6) is 0 Å². The Morgan fingerprint density at radius 2 is 2.33 bits per heavy atom. The van der Waals surface area contributed by atoms with Gasteiger partial charge in [-0.25, -0.2) is 9.97 Å². The molecule has 0 atom stereocenters. The van der Waals surface area contributed by atoms with Crippen LogP contribution in [0.4, 0.5) is 10.9 Å². The highest BCUT2D eigenvalue weighted by Crippen LogP contribution is 2.27. The Morgan fingerprint density at radius 1 is 1.57 bits per heavy atom. The molecule has 2 aromatic heterocycles. The summed E-state index contributed by atoms with van der Waals surface area (Å²) in [7, 11) is 3.71. The highest BCUT2D eigenvalue weighted by Gasteiger charge is 2.17. The number of hydrogen-bond acceptors (Lipinski definition) is 7. The average molecular weight is 309 g/mol. The van der Waals surface area contributed by atoms with E-state index in [1.54, 1.807) is 18.1 Å². The third-order valence-corrected chi connectivity index (χ3v) is 4.11. The second kappa shape index (κ2) is 6.53. The Labute approximate surface area is 127 Å². The van der Waals surface area contributed by atoms with E-state index >= 15 is 0 Å². The molecule has 0 radical (unpaired) electrons. The molecule has 0 bridgehead atoms. The van der Waals surface area contributed by atoms with E-state index in [4.69, 9.17) is 5.73 Å². The number of rotatable bonds is 6. The summed E-state index contributed by atoms with van der Waals surface area (Å²) >= 11 is 1.29. The van der Waals surface area contributed by atoms with Crippen LogP contribution in [0.3, 0.4) is 0 Å². The van der Waals surface area contributed by atoms with Crippen LogP contribution in [0.2, 0.25) is 0 Å². The molecule has 8 nitrogen and oxygen atoms in total. The number of carbonyl (C=O) groups excluding carboxylic acids is 1. The normalized spacial score (nSPS) is 10.6. The van der Waals surface area contributed by atoms with Gasteiger partial charge in [-0.15, -0.1) is 0 Å². The topological polar surface area (TPSA) is 102 Å². The van der Waals surface area contributed by atoms with E-state index in [0.717, 1.165) is 11.7 Å². The zero-order valence-electron chi connectivity index (χ0n) is 12.3. The van der Waals surface area contributed by atoms with Crippen molar-refractivity contribution in [3.8, 4) is 0 Å². The average Bonchev–Trinajstić information content (AvgIpc) is 3.04. The lowest BCUT2D eigenvalue weighted by Crippen LogP contribution is -2.26. The summed E-state index contributed by atoms with van der Waals surface area (Å²) in [6, 6.07) is 0. The van der Waals surface area contributed by atoms with Crippen molar-refractivity contribution in [2.24, 2.45) is 7.05 Å². The smallest absolute Gasteiger partial charge is 0.265 e. The van der Waals surface area contributed by atoms with Gasteiger partial charge >= 0.3 is 0 Å². The minimum atomic E-state index is -0.211. The monoisotopic (exact) mass is 309 g/mol. The van der Waals surface area contributed by atoms with Gasteiger partial charge < -0.3 is 16.0 Å². The predicted molar refractivity (Wildman–Crippen MR) is 82.5 cm³/mol. The number of hydrogen-bond donors (Lipinski definition) is 2. The minimum Gasteiger partial charge on any atom is -0.382 e. The van der Waals surface area contributed by atoms with Gasteiger partial charge in [0.15, 0.2) is 11.0 Å². The Kier molecular flexibility index (Phi) is 4.73. The highest BCUT2D eigenvalue weighted by molar-refractivity contribution is 7.18. The van der Waals surface area contributed by atoms with Gasteiger partial charge in [-0.2, -0.15) is 5.10 Å². The second-order valence-electron chi connectivity index (χ2n) is 4.57. The number of anilines is 2. The molecule has 0 aliphatic heterocycles. The van der Waals surface area contributed by atoms with Crippen molar-refractivity contribution in [3.05, 3.63) is 17.0 Å². The van der Waals surface area contributed by atoms with E-state index in [-0.39, 0.29) is 11.7 Å². The van der Waals surface area contributed by atoms with Gasteiger partial charge in [0.2, 0.25) is 0 Å². The standard InChI is InChI=1S/C12H19N7OS/c1-4-18(2)12-16-10(13)9(21-12)11(20)14-6-5-8-15-7-19(3)17-8/h7H,4-6,13H2,1-3H3,(H,14,20). The first-order valence-electron chi connectivity index (χ1n) is 6.61. The molecule has 0 spiro atoms. The molecule has 114 valence electrons. The van der Waals surface area contributed by atoms with Crippen LogP contribution in [0, 0.1) is 0 Å². The Morgan fingerprint density at radius 3 is 2.95 bits per heavy atom. The number of nitrogen functional groups attached to an aromatic ring is 1. The largest absolute Gasteiger partial charge is 0.382 e. The first kappa shape index (κ1) is 15.2. The van der Waals surface area contributed by atoms with E-state index in [0.29, 0.717) is 23.7 Å². The molecule has 0 saturated heterocycles. The maximum atomic E-state index is 12.1. The molecule has 0 aliphatic rings. The lowest BCUT2D eigenvalue weighted by molar-refractivity contribution is 0.0958. The molecule has 0 unspecified atom stereocenters. The lowest BCUT2D eigenvalue weighted by Gasteiger charge is -2.10. The van der Waals surface area contributed by atoms with Crippen LogP contribution in [-0.2, 0) is 13.5 Å². The molecule has 21 heavy (non-hydrogen) atoms. The summed E-state index contributed by atoms with van der Waals surface area (Å²) in [5, 5.41) is 7.70. The fourth-order valence-electron chi connectivity index (χ4n) is 1.65. The highest BCUT2D eigenvalue weighted by atomic mass is 32.1. The molecule has 9 heteroatoms. The summed E-state index contributed by atoms with van der Waals surface area (Å²) in [6.45, 7) is 3.27. The number of aryl methyl sites for hydroxylation is 1. The molecule has 0 aliphatic carbocycles. The third-order valence-electron chi connectivity index (χ3n) is 2.93. The number of nitrogens with one attached hydrogen (secondary N) is 1. The number of thiazole rings is 1. The number of nitrogens with two attached hydrogens (primary N) is 1. The quantitative estimate of drug-likeness (QED) is 0.795.